The lowest BCUT2D eigenvalue weighted by Crippen LogP contribution is -2.13. The zero-order valence-corrected chi connectivity index (χ0v) is 12.4. The first-order valence-electron chi connectivity index (χ1n) is 6.64. The molecule has 0 amide bonds. The molecule has 102 valence electrons. The van der Waals surface area contributed by atoms with Crippen LogP contribution in [0.5, 0.6) is 0 Å². The molecule has 1 aromatic carbocycles. The second kappa shape index (κ2) is 5.17. The van der Waals surface area contributed by atoms with Crippen molar-refractivity contribution in [2.24, 2.45) is 0 Å². The maximum atomic E-state index is 10.5. The average molecular weight is 258 g/mol. The molecule has 0 aliphatic carbocycles. The molecule has 1 N–H and O–H groups in total. The van der Waals surface area contributed by atoms with Crippen LogP contribution in [0.2, 0.25) is 0 Å². The van der Waals surface area contributed by atoms with Crippen molar-refractivity contribution in [3.8, 4) is 0 Å². The number of aromatic nitrogens is 2. The normalized spacial score (nSPS) is 12.7. The molecule has 1 atom stereocenters. The monoisotopic (exact) mass is 258 g/mol. The van der Waals surface area contributed by atoms with Gasteiger partial charge in [0, 0.05) is 12.4 Å². The Morgan fingerprint density at radius 1 is 1.00 bits per heavy atom. The summed E-state index contributed by atoms with van der Waals surface area (Å²) in [5.41, 5.74) is 7.36. The first-order valence-corrected chi connectivity index (χ1v) is 6.64. The molecule has 0 bridgehead atoms. The summed E-state index contributed by atoms with van der Waals surface area (Å²) in [5, 5.41) is 10.5. The highest BCUT2D eigenvalue weighted by molar-refractivity contribution is 5.50. The zero-order valence-electron chi connectivity index (χ0n) is 12.4. The maximum Gasteiger partial charge on any atom is 0.0974 e. The van der Waals surface area contributed by atoms with Crippen molar-refractivity contribution in [2.45, 2.75) is 47.3 Å². The predicted octanol–water partition coefficient (Wildman–Crippen LogP) is 3.16. The van der Waals surface area contributed by atoms with E-state index in [0.29, 0.717) is 6.54 Å². The molecule has 2 aromatic rings. The van der Waals surface area contributed by atoms with Crippen molar-refractivity contribution in [2.75, 3.05) is 0 Å². The van der Waals surface area contributed by atoms with Gasteiger partial charge in [0.1, 0.15) is 0 Å². The molecule has 3 nitrogen and oxygen atoms in total. The van der Waals surface area contributed by atoms with Gasteiger partial charge in [-0.1, -0.05) is 0 Å². The van der Waals surface area contributed by atoms with Crippen molar-refractivity contribution in [1.82, 2.24) is 9.55 Å². The molecule has 19 heavy (non-hydrogen) atoms. The molecule has 0 saturated carbocycles. The predicted molar refractivity (Wildman–Crippen MR) is 77.3 cm³/mol. The van der Waals surface area contributed by atoms with Gasteiger partial charge in [-0.15, -0.1) is 0 Å². The summed E-state index contributed by atoms with van der Waals surface area (Å²) in [5.74, 6) is 0. The lowest BCUT2D eigenvalue weighted by atomic mass is 9.87. The van der Waals surface area contributed by atoms with Crippen molar-refractivity contribution in [3.05, 3.63) is 52.1 Å². The van der Waals surface area contributed by atoms with E-state index in [1.165, 1.54) is 27.8 Å². The number of rotatable bonds is 3. The molecule has 1 unspecified atom stereocenters. The van der Waals surface area contributed by atoms with Crippen LogP contribution in [-0.2, 0) is 6.54 Å². The lowest BCUT2D eigenvalue weighted by Gasteiger charge is -2.22. The molecule has 2 rings (SSSR count). The van der Waals surface area contributed by atoms with Crippen LogP contribution in [-0.4, -0.2) is 14.7 Å². The fourth-order valence-corrected chi connectivity index (χ4v) is 2.71. The maximum absolute atomic E-state index is 10.5. The third-order valence-electron chi connectivity index (χ3n) is 4.33. The van der Waals surface area contributed by atoms with Gasteiger partial charge in [-0.25, -0.2) is 4.98 Å². The topological polar surface area (TPSA) is 38.0 Å². The SMILES string of the molecule is Cc1c(C)c(C)c(C(O)Cn2ccnc2)c(C)c1C. The van der Waals surface area contributed by atoms with Crippen LogP contribution in [0.1, 0.15) is 39.5 Å². The average Bonchev–Trinajstić information content (AvgIpc) is 2.87. The van der Waals surface area contributed by atoms with E-state index in [9.17, 15) is 5.11 Å². The van der Waals surface area contributed by atoms with Crippen LogP contribution < -0.4 is 0 Å². The van der Waals surface area contributed by atoms with Gasteiger partial charge in [0.15, 0.2) is 0 Å². The summed E-state index contributed by atoms with van der Waals surface area (Å²) < 4.78 is 1.91. The Hall–Kier alpha value is -1.61. The molecule has 0 aliphatic rings. The highest BCUT2D eigenvalue weighted by Gasteiger charge is 2.18. The van der Waals surface area contributed by atoms with Crippen LogP contribution in [0.4, 0.5) is 0 Å². The minimum Gasteiger partial charge on any atom is -0.387 e. The third-order valence-corrected chi connectivity index (χ3v) is 4.33. The van der Waals surface area contributed by atoms with Crippen molar-refractivity contribution < 1.29 is 5.11 Å². The minimum atomic E-state index is -0.493. The number of hydrogen-bond donors (Lipinski definition) is 1. The molecule has 0 fully saturated rings. The number of imidazole rings is 1. The molecule has 0 aliphatic heterocycles. The zero-order chi connectivity index (χ0) is 14.2. The van der Waals surface area contributed by atoms with Gasteiger partial charge in [-0.05, 0) is 68.0 Å². The van der Waals surface area contributed by atoms with Crippen molar-refractivity contribution in [1.29, 1.82) is 0 Å². The number of benzene rings is 1. The fourth-order valence-electron chi connectivity index (χ4n) is 2.71. The largest absolute Gasteiger partial charge is 0.387 e. The number of aliphatic hydroxyl groups excluding tert-OH is 1. The summed E-state index contributed by atoms with van der Waals surface area (Å²) in [7, 11) is 0. The van der Waals surface area contributed by atoms with E-state index < -0.39 is 6.10 Å². The third kappa shape index (κ3) is 2.43. The van der Waals surface area contributed by atoms with Gasteiger partial charge in [0.05, 0.1) is 19.0 Å². The van der Waals surface area contributed by atoms with Crippen LogP contribution >= 0.6 is 0 Å². The Bertz CT molecular complexity index is 556. The fraction of sp³-hybridized carbons (Fsp3) is 0.438. The molecule has 0 saturated heterocycles. The smallest absolute Gasteiger partial charge is 0.0974 e. The molecular formula is C16H22N2O. The van der Waals surface area contributed by atoms with E-state index in [2.05, 4.69) is 39.6 Å². The second-order valence-corrected chi connectivity index (χ2v) is 5.31. The molecular weight excluding hydrogens is 236 g/mol. The number of aliphatic hydroxyl groups is 1. The number of nitrogens with zero attached hydrogens (tertiary/aromatic N) is 2. The molecule has 1 aromatic heterocycles. The Balaban J connectivity index is 2.44. The quantitative estimate of drug-likeness (QED) is 0.918. The number of hydrogen-bond acceptors (Lipinski definition) is 2. The van der Waals surface area contributed by atoms with Crippen LogP contribution in [0.15, 0.2) is 18.7 Å². The summed E-state index contributed by atoms with van der Waals surface area (Å²) in [6, 6.07) is 0. The second-order valence-electron chi connectivity index (χ2n) is 5.31. The van der Waals surface area contributed by atoms with Crippen LogP contribution in [0.3, 0.4) is 0 Å². The van der Waals surface area contributed by atoms with E-state index in [0.717, 1.165) is 5.56 Å². The summed E-state index contributed by atoms with van der Waals surface area (Å²) in [4.78, 5) is 4.01. The van der Waals surface area contributed by atoms with Gasteiger partial charge in [0.25, 0.3) is 0 Å². The summed E-state index contributed by atoms with van der Waals surface area (Å²) >= 11 is 0. The van der Waals surface area contributed by atoms with E-state index in [4.69, 9.17) is 0 Å². The lowest BCUT2D eigenvalue weighted by molar-refractivity contribution is 0.155. The molecule has 3 heteroatoms. The van der Waals surface area contributed by atoms with Gasteiger partial charge in [-0.3, -0.25) is 0 Å². The van der Waals surface area contributed by atoms with E-state index in [1.807, 2.05) is 10.8 Å². The summed E-state index contributed by atoms with van der Waals surface area (Å²) in [6.45, 7) is 11.2. The minimum absolute atomic E-state index is 0.493. The highest BCUT2D eigenvalue weighted by Crippen LogP contribution is 2.31. The van der Waals surface area contributed by atoms with Crippen molar-refractivity contribution in [3.63, 3.8) is 0 Å². The van der Waals surface area contributed by atoms with Gasteiger partial charge < -0.3 is 9.67 Å². The molecule has 0 spiro atoms. The van der Waals surface area contributed by atoms with Crippen LogP contribution in [0, 0.1) is 34.6 Å². The van der Waals surface area contributed by atoms with Crippen LogP contribution in [0.25, 0.3) is 0 Å². The standard InChI is InChI=1S/C16H22N2O/c1-10-11(2)13(4)16(14(5)12(10)3)15(19)8-18-7-6-17-9-18/h6-7,9,15,19H,8H2,1-5H3. The Kier molecular flexibility index (Phi) is 3.76. The summed E-state index contributed by atoms with van der Waals surface area (Å²) in [6.07, 6.45) is 4.86. The molecule has 0 radical (unpaired) electrons. The first-order chi connectivity index (χ1) is 8.93. The van der Waals surface area contributed by atoms with E-state index in [1.54, 1.807) is 12.5 Å². The first kappa shape index (κ1) is 13.8. The van der Waals surface area contributed by atoms with Crippen molar-refractivity contribution >= 4 is 0 Å². The van der Waals surface area contributed by atoms with E-state index >= 15 is 0 Å². The Labute approximate surface area is 114 Å². The highest BCUT2D eigenvalue weighted by atomic mass is 16.3. The molecule has 1 heterocycles. The van der Waals surface area contributed by atoms with Gasteiger partial charge in [0.2, 0.25) is 0 Å². The Morgan fingerprint density at radius 3 is 2.00 bits per heavy atom. The van der Waals surface area contributed by atoms with Gasteiger partial charge in [-0.2, -0.15) is 0 Å². The Morgan fingerprint density at radius 2 is 1.53 bits per heavy atom. The van der Waals surface area contributed by atoms with Gasteiger partial charge >= 0.3 is 0 Å². The van der Waals surface area contributed by atoms with E-state index in [-0.39, 0.29) is 0 Å².